The molecule has 1 N–H and O–H groups in total. The van der Waals surface area contributed by atoms with Crippen LogP contribution in [-0.2, 0) is 11.2 Å². The first-order chi connectivity index (χ1) is 7.63. The van der Waals surface area contributed by atoms with Gasteiger partial charge in [0, 0.05) is 13.7 Å². The van der Waals surface area contributed by atoms with Crippen molar-refractivity contribution in [3.63, 3.8) is 0 Å². The molecule has 0 bridgehead atoms. The zero-order valence-corrected chi connectivity index (χ0v) is 9.43. The number of hydrogen-bond acceptors (Lipinski definition) is 3. The second-order valence-electron chi connectivity index (χ2n) is 3.93. The quantitative estimate of drug-likeness (QED) is 0.809. The summed E-state index contributed by atoms with van der Waals surface area (Å²) >= 11 is 0. The average molecular weight is 221 g/mol. The number of benzene rings is 1. The highest BCUT2D eigenvalue weighted by atomic mass is 16.5. The van der Waals surface area contributed by atoms with Crippen LogP contribution in [0.3, 0.4) is 0 Å². The van der Waals surface area contributed by atoms with Crippen molar-refractivity contribution in [3.8, 4) is 5.75 Å². The number of rotatable bonds is 2. The summed E-state index contributed by atoms with van der Waals surface area (Å²) in [5, 5.41) is 8.86. The smallest absolute Gasteiger partial charge is 0.267 e. The van der Waals surface area contributed by atoms with E-state index in [2.05, 4.69) is 0 Å². The van der Waals surface area contributed by atoms with Crippen molar-refractivity contribution in [2.24, 2.45) is 0 Å². The Morgan fingerprint density at radius 2 is 2.25 bits per heavy atom. The summed E-state index contributed by atoms with van der Waals surface area (Å²) in [5.74, 6) is 0.669. The van der Waals surface area contributed by atoms with Crippen molar-refractivity contribution in [3.05, 3.63) is 23.8 Å². The summed E-state index contributed by atoms with van der Waals surface area (Å²) in [6.07, 6.45) is 0.157. The van der Waals surface area contributed by atoms with Crippen LogP contribution < -0.4 is 9.64 Å². The number of nitrogens with zero attached hydrogens (tertiary/aromatic N) is 1. The maximum atomic E-state index is 11.7. The second kappa shape index (κ2) is 4.14. The lowest BCUT2D eigenvalue weighted by Gasteiger charge is -2.30. The van der Waals surface area contributed by atoms with Gasteiger partial charge in [0.15, 0.2) is 6.10 Å². The Kier molecular flexibility index (Phi) is 2.83. The monoisotopic (exact) mass is 221 g/mol. The number of likely N-dealkylation sites (N-methyl/N-ethyl adjacent to an activating group) is 1. The molecule has 0 saturated carbocycles. The van der Waals surface area contributed by atoms with Crippen molar-refractivity contribution in [1.29, 1.82) is 0 Å². The predicted octanol–water partition coefficient (Wildman–Crippen LogP) is 0.965. The van der Waals surface area contributed by atoms with Gasteiger partial charge in [-0.15, -0.1) is 0 Å². The van der Waals surface area contributed by atoms with Gasteiger partial charge in [-0.25, -0.2) is 0 Å². The Morgan fingerprint density at radius 3 is 2.94 bits per heavy atom. The minimum Gasteiger partial charge on any atom is -0.479 e. The Bertz CT molecular complexity index is 417. The maximum absolute atomic E-state index is 11.7. The van der Waals surface area contributed by atoms with Gasteiger partial charge in [-0.2, -0.15) is 0 Å². The molecule has 1 aliphatic rings. The van der Waals surface area contributed by atoms with Crippen molar-refractivity contribution in [2.75, 3.05) is 18.6 Å². The largest absolute Gasteiger partial charge is 0.479 e. The summed E-state index contributed by atoms with van der Waals surface area (Å²) in [6.45, 7) is 1.85. The third-order valence-electron chi connectivity index (χ3n) is 2.77. The molecule has 86 valence electrons. The molecule has 0 fully saturated rings. The number of hydrogen-bond donors (Lipinski definition) is 1. The van der Waals surface area contributed by atoms with Gasteiger partial charge in [0.2, 0.25) is 0 Å². The van der Waals surface area contributed by atoms with Gasteiger partial charge < -0.3 is 14.7 Å². The summed E-state index contributed by atoms with van der Waals surface area (Å²) in [6, 6.07) is 5.63. The number of aliphatic hydroxyl groups excluding tert-OH is 1. The number of ether oxygens (including phenoxy) is 1. The molecule has 1 aromatic rings. The molecular formula is C12H15NO3. The van der Waals surface area contributed by atoms with E-state index in [1.165, 1.54) is 0 Å². The van der Waals surface area contributed by atoms with Crippen LogP contribution in [0.1, 0.15) is 12.5 Å². The molecule has 1 aromatic carbocycles. The molecule has 16 heavy (non-hydrogen) atoms. The molecule has 4 nitrogen and oxygen atoms in total. The standard InChI is InChI=1S/C12H15NO3/c1-8-12(15)13(2)10-4-3-9(5-6-14)7-11(10)16-8/h3-4,7-8,14H,5-6H2,1-2H3. The fourth-order valence-electron chi connectivity index (χ4n) is 1.85. The van der Waals surface area contributed by atoms with Crippen molar-refractivity contribution in [2.45, 2.75) is 19.4 Å². The van der Waals surface area contributed by atoms with Crippen molar-refractivity contribution < 1.29 is 14.6 Å². The van der Waals surface area contributed by atoms with E-state index in [1.807, 2.05) is 18.2 Å². The minimum atomic E-state index is -0.443. The van der Waals surface area contributed by atoms with Crippen LogP contribution in [0.4, 0.5) is 5.69 Å². The zero-order chi connectivity index (χ0) is 11.7. The maximum Gasteiger partial charge on any atom is 0.267 e. The predicted molar refractivity (Wildman–Crippen MR) is 60.7 cm³/mol. The number of carbonyl (C=O) groups is 1. The number of anilines is 1. The Labute approximate surface area is 94.4 Å². The van der Waals surface area contributed by atoms with Crippen molar-refractivity contribution in [1.82, 2.24) is 0 Å². The Morgan fingerprint density at radius 1 is 1.50 bits per heavy atom. The molecule has 1 unspecified atom stereocenters. The Hall–Kier alpha value is -1.55. The number of carbonyl (C=O) groups excluding carboxylic acids is 1. The normalized spacial score (nSPS) is 19.3. The third-order valence-corrected chi connectivity index (χ3v) is 2.77. The van der Waals surface area contributed by atoms with E-state index in [1.54, 1.807) is 18.9 Å². The van der Waals surface area contributed by atoms with Gasteiger partial charge in [0.25, 0.3) is 5.91 Å². The van der Waals surface area contributed by atoms with Crippen LogP contribution in [0, 0.1) is 0 Å². The first kappa shape index (κ1) is 11.0. The summed E-state index contributed by atoms with van der Waals surface area (Å²) in [4.78, 5) is 13.3. The first-order valence-corrected chi connectivity index (χ1v) is 5.31. The van der Waals surface area contributed by atoms with E-state index in [-0.39, 0.29) is 12.5 Å². The van der Waals surface area contributed by atoms with Gasteiger partial charge in [0.05, 0.1) is 5.69 Å². The van der Waals surface area contributed by atoms with Gasteiger partial charge in [-0.05, 0) is 31.0 Å². The topological polar surface area (TPSA) is 49.8 Å². The molecule has 0 radical (unpaired) electrons. The highest BCUT2D eigenvalue weighted by Crippen LogP contribution is 2.33. The van der Waals surface area contributed by atoms with E-state index in [4.69, 9.17) is 9.84 Å². The van der Waals surface area contributed by atoms with Gasteiger partial charge in [-0.1, -0.05) is 6.07 Å². The SMILES string of the molecule is CC1Oc2cc(CCO)ccc2N(C)C1=O. The van der Waals surface area contributed by atoms with E-state index >= 15 is 0 Å². The molecule has 2 rings (SSSR count). The lowest BCUT2D eigenvalue weighted by atomic mass is 10.1. The van der Waals surface area contributed by atoms with Crippen LogP contribution in [0.2, 0.25) is 0 Å². The zero-order valence-electron chi connectivity index (χ0n) is 9.43. The van der Waals surface area contributed by atoms with Gasteiger partial charge in [0.1, 0.15) is 5.75 Å². The van der Waals surface area contributed by atoms with Crippen molar-refractivity contribution >= 4 is 11.6 Å². The molecule has 1 aliphatic heterocycles. The Balaban J connectivity index is 2.37. The van der Waals surface area contributed by atoms with Gasteiger partial charge in [-0.3, -0.25) is 4.79 Å². The molecule has 0 aromatic heterocycles. The number of aliphatic hydroxyl groups is 1. The highest BCUT2D eigenvalue weighted by molar-refractivity contribution is 5.99. The fourth-order valence-corrected chi connectivity index (χ4v) is 1.85. The van der Waals surface area contributed by atoms with Crippen LogP contribution >= 0.6 is 0 Å². The molecule has 0 saturated heterocycles. The number of amides is 1. The minimum absolute atomic E-state index is 0.0394. The number of fused-ring (bicyclic) bond motifs is 1. The summed E-state index contributed by atoms with van der Waals surface area (Å²) < 4.78 is 5.53. The lowest BCUT2D eigenvalue weighted by Crippen LogP contribution is -2.41. The van der Waals surface area contributed by atoms with Crippen LogP contribution in [0.25, 0.3) is 0 Å². The third kappa shape index (κ3) is 1.76. The molecule has 0 spiro atoms. The van der Waals surface area contributed by atoms with E-state index in [9.17, 15) is 4.79 Å². The molecule has 1 amide bonds. The van der Waals surface area contributed by atoms with E-state index in [0.717, 1.165) is 11.3 Å². The second-order valence-corrected chi connectivity index (χ2v) is 3.93. The van der Waals surface area contributed by atoms with Crippen LogP contribution in [0.5, 0.6) is 5.75 Å². The van der Waals surface area contributed by atoms with Crippen LogP contribution in [0.15, 0.2) is 18.2 Å². The molecule has 0 aliphatic carbocycles. The highest BCUT2D eigenvalue weighted by Gasteiger charge is 2.28. The van der Waals surface area contributed by atoms with E-state index < -0.39 is 6.10 Å². The van der Waals surface area contributed by atoms with E-state index in [0.29, 0.717) is 12.2 Å². The lowest BCUT2D eigenvalue weighted by molar-refractivity contribution is -0.125. The average Bonchev–Trinajstić information content (AvgIpc) is 2.26. The van der Waals surface area contributed by atoms with Crippen LogP contribution in [-0.4, -0.2) is 30.8 Å². The molecule has 1 atom stereocenters. The molecular weight excluding hydrogens is 206 g/mol. The van der Waals surface area contributed by atoms with Gasteiger partial charge >= 0.3 is 0 Å². The summed E-state index contributed by atoms with van der Waals surface area (Å²) in [5.41, 5.74) is 1.79. The molecule has 4 heteroatoms. The summed E-state index contributed by atoms with van der Waals surface area (Å²) in [7, 11) is 1.74. The fraction of sp³-hybridized carbons (Fsp3) is 0.417. The first-order valence-electron chi connectivity index (χ1n) is 5.31. The molecule has 1 heterocycles.